The first kappa shape index (κ1) is 17.5. The lowest BCUT2D eigenvalue weighted by atomic mass is 9.99. The molecule has 4 heteroatoms. The Balaban J connectivity index is 1.61. The molecule has 4 nitrogen and oxygen atoms in total. The van der Waals surface area contributed by atoms with Crippen LogP contribution in [0.1, 0.15) is 48.7 Å². The monoisotopic (exact) mass is 337 g/mol. The number of piperidine rings is 1. The number of carbonyl (C=O) groups excluding carboxylic acids is 1. The summed E-state index contributed by atoms with van der Waals surface area (Å²) in [5, 5.41) is 3.41. The van der Waals surface area contributed by atoms with Crippen molar-refractivity contribution in [1.29, 1.82) is 0 Å². The summed E-state index contributed by atoms with van der Waals surface area (Å²) in [7, 11) is 0. The number of pyridine rings is 1. The van der Waals surface area contributed by atoms with E-state index in [1.807, 2.05) is 23.1 Å². The molecule has 1 atom stereocenters. The third kappa shape index (κ3) is 4.59. The lowest BCUT2D eigenvalue weighted by Crippen LogP contribution is -2.43. The van der Waals surface area contributed by atoms with Crippen LogP contribution in [0.2, 0.25) is 0 Å². The van der Waals surface area contributed by atoms with Crippen LogP contribution in [0, 0.1) is 0 Å². The summed E-state index contributed by atoms with van der Waals surface area (Å²) in [6.07, 6.45) is 7.12. The Hall–Kier alpha value is -2.36. The van der Waals surface area contributed by atoms with Gasteiger partial charge in [0.25, 0.3) is 5.91 Å². The van der Waals surface area contributed by atoms with E-state index in [9.17, 15) is 4.79 Å². The van der Waals surface area contributed by atoms with Crippen molar-refractivity contribution in [3.05, 3.63) is 59.9 Å². The van der Waals surface area contributed by atoms with Crippen molar-refractivity contribution in [2.75, 3.05) is 18.4 Å². The number of anilines is 1. The molecule has 1 fully saturated rings. The molecule has 25 heavy (non-hydrogen) atoms. The predicted molar refractivity (Wildman–Crippen MR) is 102 cm³/mol. The van der Waals surface area contributed by atoms with Gasteiger partial charge in [-0.25, -0.2) is 0 Å². The average molecular weight is 337 g/mol. The largest absolute Gasteiger partial charge is 0.385 e. The molecule has 1 N–H and O–H groups in total. The first-order chi connectivity index (χ1) is 12.3. The van der Waals surface area contributed by atoms with E-state index in [0.717, 1.165) is 44.5 Å². The summed E-state index contributed by atoms with van der Waals surface area (Å²) in [5.41, 5.74) is 2.81. The molecule has 1 aliphatic heterocycles. The van der Waals surface area contributed by atoms with Crippen LogP contribution in [0.15, 0.2) is 48.7 Å². The summed E-state index contributed by atoms with van der Waals surface area (Å²) in [4.78, 5) is 19.2. The Morgan fingerprint density at radius 2 is 2.08 bits per heavy atom. The second kappa shape index (κ2) is 8.65. The summed E-state index contributed by atoms with van der Waals surface area (Å²) < 4.78 is 0. The van der Waals surface area contributed by atoms with E-state index >= 15 is 0 Å². The Morgan fingerprint density at radius 3 is 2.88 bits per heavy atom. The SMILES string of the molecule is CCC1CCCCN1C(=O)c1cc(NCCc2ccccc2)ccn1. The predicted octanol–water partition coefficient (Wildman–Crippen LogP) is 4.14. The molecule has 1 amide bonds. The highest BCUT2D eigenvalue weighted by Crippen LogP contribution is 2.22. The highest BCUT2D eigenvalue weighted by molar-refractivity contribution is 5.93. The summed E-state index contributed by atoms with van der Waals surface area (Å²) in [6, 6.07) is 14.6. The molecule has 0 saturated carbocycles. The van der Waals surface area contributed by atoms with Crippen molar-refractivity contribution in [2.45, 2.75) is 45.1 Å². The maximum Gasteiger partial charge on any atom is 0.272 e. The van der Waals surface area contributed by atoms with Gasteiger partial charge in [-0.05, 0) is 49.8 Å². The van der Waals surface area contributed by atoms with Crippen LogP contribution in [0.3, 0.4) is 0 Å². The zero-order valence-electron chi connectivity index (χ0n) is 14.9. The van der Waals surface area contributed by atoms with Crippen molar-refractivity contribution in [1.82, 2.24) is 9.88 Å². The minimum atomic E-state index is 0.0678. The molecular weight excluding hydrogens is 310 g/mol. The van der Waals surface area contributed by atoms with Gasteiger partial charge in [-0.3, -0.25) is 9.78 Å². The number of rotatable bonds is 6. The fourth-order valence-corrected chi connectivity index (χ4v) is 3.49. The van der Waals surface area contributed by atoms with E-state index in [-0.39, 0.29) is 5.91 Å². The van der Waals surface area contributed by atoms with Crippen LogP contribution in [0.4, 0.5) is 5.69 Å². The third-order valence-electron chi connectivity index (χ3n) is 4.92. The number of nitrogens with one attached hydrogen (secondary N) is 1. The molecule has 2 aromatic rings. The fraction of sp³-hybridized carbons (Fsp3) is 0.429. The normalized spacial score (nSPS) is 17.3. The van der Waals surface area contributed by atoms with Crippen molar-refractivity contribution in [3.8, 4) is 0 Å². The van der Waals surface area contributed by atoms with Gasteiger partial charge >= 0.3 is 0 Å². The number of likely N-dealkylation sites (tertiary alicyclic amines) is 1. The van der Waals surface area contributed by atoms with E-state index in [2.05, 4.69) is 41.5 Å². The Morgan fingerprint density at radius 1 is 1.24 bits per heavy atom. The zero-order valence-corrected chi connectivity index (χ0v) is 14.9. The molecule has 0 spiro atoms. The molecule has 0 bridgehead atoms. The number of nitrogens with zero attached hydrogens (tertiary/aromatic N) is 2. The minimum Gasteiger partial charge on any atom is -0.385 e. The highest BCUT2D eigenvalue weighted by Gasteiger charge is 2.26. The first-order valence-corrected chi connectivity index (χ1v) is 9.32. The Kier molecular flexibility index (Phi) is 6.04. The fourth-order valence-electron chi connectivity index (χ4n) is 3.49. The van der Waals surface area contributed by atoms with Crippen molar-refractivity contribution in [3.63, 3.8) is 0 Å². The third-order valence-corrected chi connectivity index (χ3v) is 4.92. The van der Waals surface area contributed by atoms with Crippen LogP contribution in [-0.2, 0) is 6.42 Å². The standard InChI is InChI=1S/C21H27N3O/c1-2-19-10-6-7-15-24(19)21(25)20-16-18(12-14-23-20)22-13-11-17-8-4-3-5-9-17/h3-5,8-9,12,14,16,19H,2,6-7,10-11,13,15H2,1H3,(H,22,23). The van der Waals surface area contributed by atoms with Gasteiger partial charge in [0, 0.05) is 31.0 Å². The van der Waals surface area contributed by atoms with E-state index in [1.54, 1.807) is 6.20 Å². The van der Waals surface area contributed by atoms with E-state index in [4.69, 9.17) is 0 Å². The maximum absolute atomic E-state index is 12.9. The van der Waals surface area contributed by atoms with Gasteiger partial charge in [0.2, 0.25) is 0 Å². The first-order valence-electron chi connectivity index (χ1n) is 9.32. The molecular formula is C21H27N3O. The van der Waals surface area contributed by atoms with Gasteiger partial charge in [0.1, 0.15) is 5.69 Å². The molecule has 0 radical (unpaired) electrons. The topological polar surface area (TPSA) is 45.2 Å². The molecule has 1 unspecified atom stereocenters. The van der Waals surface area contributed by atoms with Crippen molar-refractivity contribution >= 4 is 11.6 Å². The van der Waals surface area contributed by atoms with Crippen LogP contribution in [0.25, 0.3) is 0 Å². The minimum absolute atomic E-state index is 0.0678. The molecule has 1 aromatic carbocycles. The number of hydrogen-bond donors (Lipinski definition) is 1. The smallest absolute Gasteiger partial charge is 0.272 e. The van der Waals surface area contributed by atoms with Gasteiger partial charge in [-0.1, -0.05) is 37.3 Å². The van der Waals surface area contributed by atoms with Crippen LogP contribution in [0.5, 0.6) is 0 Å². The molecule has 1 aliphatic rings. The molecule has 3 rings (SSSR count). The van der Waals surface area contributed by atoms with Gasteiger partial charge in [-0.15, -0.1) is 0 Å². The van der Waals surface area contributed by atoms with Gasteiger partial charge < -0.3 is 10.2 Å². The van der Waals surface area contributed by atoms with E-state index < -0.39 is 0 Å². The van der Waals surface area contributed by atoms with Gasteiger partial charge in [0.15, 0.2) is 0 Å². The molecule has 2 heterocycles. The highest BCUT2D eigenvalue weighted by atomic mass is 16.2. The van der Waals surface area contributed by atoms with Crippen LogP contribution in [-0.4, -0.2) is 34.9 Å². The van der Waals surface area contributed by atoms with E-state index in [0.29, 0.717) is 11.7 Å². The summed E-state index contributed by atoms with van der Waals surface area (Å²) in [6.45, 7) is 3.85. The van der Waals surface area contributed by atoms with Gasteiger partial charge in [-0.2, -0.15) is 0 Å². The Labute approximate surface area is 150 Å². The molecule has 1 saturated heterocycles. The number of carbonyl (C=O) groups is 1. The second-order valence-electron chi connectivity index (χ2n) is 6.65. The maximum atomic E-state index is 12.9. The average Bonchev–Trinajstić information content (AvgIpc) is 2.68. The molecule has 132 valence electrons. The second-order valence-corrected chi connectivity index (χ2v) is 6.65. The zero-order chi connectivity index (χ0) is 17.5. The summed E-state index contributed by atoms with van der Waals surface area (Å²) >= 11 is 0. The summed E-state index contributed by atoms with van der Waals surface area (Å²) in [5.74, 6) is 0.0678. The number of aromatic nitrogens is 1. The quantitative estimate of drug-likeness (QED) is 0.861. The van der Waals surface area contributed by atoms with Crippen LogP contribution >= 0.6 is 0 Å². The Bertz CT molecular complexity index is 687. The van der Waals surface area contributed by atoms with Crippen molar-refractivity contribution in [2.24, 2.45) is 0 Å². The lowest BCUT2D eigenvalue weighted by Gasteiger charge is -2.35. The van der Waals surface area contributed by atoms with Crippen LogP contribution < -0.4 is 5.32 Å². The number of benzene rings is 1. The molecule has 0 aliphatic carbocycles. The lowest BCUT2D eigenvalue weighted by molar-refractivity contribution is 0.0602. The van der Waals surface area contributed by atoms with Crippen molar-refractivity contribution < 1.29 is 4.79 Å². The van der Waals surface area contributed by atoms with E-state index in [1.165, 1.54) is 12.0 Å². The number of amides is 1. The molecule has 1 aromatic heterocycles. The van der Waals surface area contributed by atoms with Gasteiger partial charge in [0.05, 0.1) is 0 Å². The number of hydrogen-bond acceptors (Lipinski definition) is 3.